The van der Waals surface area contributed by atoms with Crippen LogP contribution in [0.25, 0.3) is 0 Å². The van der Waals surface area contributed by atoms with Gasteiger partial charge in [0.1, 0.15) is 0 Å². The molecule has 0 aliphatic rings. The molecule has 0 aliphatic carbocycles. The van der Waals surface area contributed by atoms with Crippen LogP contribution in [0.2, 0.25) is 0 Å². The van der Waals surface area contributed by atoms with E-state index in [-0.39, 0.29) is 22.0 Å². The highest BCUT2D eigenvalue weighted by molar-refractivity contribution is 7.80. The van der Waals surface area contributed by atoms with Gasteiger partial charge < -0.3 is 19.8 Å². The van der Waals surface area contributed by atoms with Crippen LogP contribution >= 0.6 is 12.2 Å². The minimum Gasteiger partial charge on any atom is -0.465 e. The van der Waals surface area contributed by atoms with Gasteiger partial charge in [-0.15, -0.1) is 0 Å². The third kappa shape index (κ3) is 5.30. The Labute approximate surface area is 177 Å². The first-order chi connectivity index (χ1) is 14.5. The van der Waals surface area contributed by atoms with Crippen LogP contribution in [0.5, 0.6) is 0 Å². The van der Waals surface area contributed by atoms with Gasteiger partial charge in [0, 0.05) is 16.9 Å². The smallest absolute Gasteiger partial charge is 0.337 e. The van der Waals surface area contributed by atoms with Crippen molar-refractivity contribution < 1.29 is 23.5 Å². The Morgan fingerprint density at radius 2 is 1.57 bits per heavy atom. The van der Waals surface area contributed by atoms with E-state index in [4.69, 9.17) is 16.6 Å². The molecule has 1 aromatic heterocycles. The van der Waals surface area contributed by atoms with Crippen LogP contribution in [0.3, 0.4) is 0 Å². The Bertz CT molecular complexity index is 1100. The maximum Gasteiger partial charge on any atom is 0.337 e. The minimum absolute atomic E-state index is 0.0537. The maximum atomic E-state index is 12.4. The molecule has 0 radical (unpaired) electrons. The molecule has 3 N–H and O–H groups in total. The molecule has 0 unspecified atom stereocenters. The molecule has 30 heavy (non-hydrogen) atoms. The molecule has 3 aromatic rings. The van der Waals surface area contributed by atoms with Crippen molar-refractivity contribution in [1.82, 2.24) is 5.32 Å². The Kier molecular flexibility index (Phi) is 6.56. The first-order valence-electron chi connectivity index (χ1n) is 8.72. The zero-order valence-electron chi connectivity index (χ0n) is 15.8. The van der Waals surface area contributed by atoms with E-state index in [1.54, 1.807) is 54.6 Å². The van der Waals surface area contributed by atoms with Gasteiger partial charge >= 0.3 is 5.97 Å². The topological polar surface area (TPSA) is 110 Å². The fraction of sp³-hybridized carbons (Fsp3) is 0.0476. The van der Waals surface area contributed by atoms with Gasteiger partial charge in [-0.05, 0) is 60.7 Å². The highest BCUT2D eigenvalue weighted by atomic mass is 32.1. The van der Waals surface area contributed by atoms with E-state index in [0.717, 1.165) is 0 Å². The average molecular weight is 423 g/mol. The molecule has 0 aliphatic heterocycles. The summed E-state index contributed by atoms with van der Waals surface area (Å²) in [6.07, 6.45) is 1.41. The van der Waals surface area contributed by atoms with E-state index >= 15 is 0 Å². The van der Waals surface area contributed by atoms with E-state index in [1.165, 1.54) is 19.4 Å². The summed E-state index contributed by atoms with van der Waals surface area (Å²) in [5, 5.41) is 8.16. The SMILES string of the molecule is COC(=O)c1cccc(C(=O)NC(=S)Nc2cccc(NC(=O)c3ccco3)c2)c1. The van der Waals surface area contributed by atoms with Crippen LogP contribution < -0.4 is 16.0 Å². The number of benzene rings is 2. The number of amides is 2. The molecule has 0 fully saturated rings. The number of rotatable bonds is 5. The second-order valence-corrected chi connectivity index (χ2v) is 6.40. The van der Waals surface area contributed by atoms with Gasteiger partial charge in [-0.1, -0.05) is 12.1 Å². The summed E-state index contributed by atoms with van der Waals surface area (Å²) in [7, 11) is 1.26. The number of esters is 1. The van der Waals surface area contributed by atoms with Crippen molar-refractivity contribution in [2.24, 2.45) is 0 Å². The Balaban J connectivity index is 1.61. The second kappa shape index (κ2) is 9.48. The van der Waals surface area contributed by atoms with E-state index in [0.29, 0.717) is 11.4 Å². The molecule has 0 saturated heterocycles. The first-order valence-corrected chi connectivity index (χ1v) is 9.13. The predicted octanol–water partition coefficient (Wildman–Crippen LogP) is 3.45. The number of nitrogens with one attached hydrogen (secondary N) is 3. The molecule has 9 heteroatoms. The molecule has 0 spiro atoms. The molecule has 2 amide bonds. The second-order valence-electron chi connectivity index (χ2n) is 5.99. The number of hydrogen-bond acceptors (Lipinski definition) is 6. The largest absolute Gasteiger partial charge is 0.465 e. The fourth-order valence-corrected chi connectivity index (χ4v) is 2.73. The van der Waals surface area contributed by atoms with Crippen LogP contribution in [-0.2, 0) is 4.74 Å². The summed E-state index contributed by atoms with van der Waals surface area (Å²) >= 11 is 5.18. The van der Waals surface area contributed by atoms with Gasteiger partial charge in [0.2, 0.25) is 0 Å². The number of furan rings is 1. The Morgan fingerprint density at radius 3 is 2.27 bits per heavy atom. The number of methoxy groups -OCH3 is 1. The number of anilines is 2. The van der Waals surface area contributed by atoms with E-state index in [9.17, 15) is 14.4 Å². The normalized spacial score (nSPS) is 10.0. The standard InChI is InChI=1S/C21H17N3O5S/c1-28-20(27)14-6-2-5-13(11-14)18(25)24-21(30)23-16-8-3-7-15(12-16)22-19(26)17-9-4-10-29-17/h2-12H,1H3,(H,22,26)(H2,23,24,25,30). The summed E-state index contributed by atoms with van der Waals surface area (Å²) in [5.74, 6) is -1.23. The molecular weight excluding hydrogens is 406 g/mol. The van der Waals surface area contributed by atoms with E-state index in [2.05, 4.69) is 20.7 Å². The van der Waals surface area contributed by atoms with E-state index in [1.807, 2.05) is 0 Å². The van der Waals surface area contributed by atoms with Crippen LogP contribution in [0, 0.1) is 0 Å². The molecule has 3 rings (SSSR count). The molecule has 8 nitrogen and oxygen atoms in total. The van der Waals surface area contributed by atoms with Crippen molar-refractivity contribution in [2.45, 2.75) is 0 Å². The van der Waals surface area contributed by atoms with Crippen molar-refractivity contribution in [3.63, 3.8) is 0 Å². The number of ether oxygens (including phenoxy) is 1. The zero-order valence-corrected chi connectivity index (χ0v) is 16.6. The molecule has 0 bridgehead atoms. The molecule has 2 aromatic carbocycles. The quantitative estimate of drug-likeness (QED) is 0.426. The summed E-state index contributed by atoms with van der Waals surface area (Å²) in [6, 6.07) is 16.0. The molecule has 0 atom stereocenters. The monoisotopic (exact) mass is 423 g/mol. The van der Waals surface area contributed by atoms with Crippen LogP contribution in [0.1, 0.15) is 31.3 Å². The first kappa shape index (κ1) is 20.7. The van der Waals surface area contributed by atoms with Crippen molar-refractivity contribution in [1.29, 1.82) is 0 Å². The lowest BCUT2D eigenvalue weighted by molar-refractivity contribution is 0.0600. The maximum absolute atomic E-state index is 12.4. The molecule has 0 saturated carbocycles. The van der Waals surface area contributed by atoms with Gasteiger partial charge in [-0.3, -0.25) is 14.9 Å². The number of thiocarbonyl (C=S) groups is 1. The highest BCUT2D eigenvalue weighted by Crippen LogP contribution is 2.16. The Hall–Kier alpha value is -3.98. The van der Waals surface area contributed by atoms with Crippen molar-refractivity contribution >= 4 is 46.5 Å². The third-order valence-corrected chi connectivity index (χ3v) is 4.10. The molecule has 152 valence electrons. The lowest BCUT2D eigenvalue weighted by Crippen LogP contribution is -2.34. The van der Waals surface area contributed by atoms with Crippen LogP contribution in [0.15, 0.2) is 71.3 Å². The average Bonchev–Trinajstić information content (AvgIpc) is 3.28. The van der Waals surface area contributed by atoms with E-state index < -0.39 is 17.8 Å². The van der Waals surface area contributed by atoms with Gasteiger partial charge in [0.25, 0.3) is 11.8 Å². The third-order valence-electron chi connectivity index (χ3n) is 3.90. The van der Waals surface area contributed by atoms with Crippen molar-refractivity contribution in [2.75, 3.05) is 17.7 Å². The van der Waals surface area contributed by atoms with Crippen LogP contribution in [-0.4, -0.2) is 30.0 Å². The fourth-order valence-electron chi connectivity index (χ4n) is 2.52. The number of hydrogen-bond donors (Lipinski definition) is 3. The van der Waals surface area contributed by atoms with Crippen molar-refractivity contribution in [3.05, 3.63) is 83.8 Å². The minimum atomic E-state index is -0.543. The number of carbonyl (C=O) groups is 3. The zero-order chi connectivity index (χ0) is 21.5. The lowest BCUT2D eigenvalue weighted by Gasteiger charge is -2.11. The number of carbonyl (C=O) groups excluding carboxylic acids is 3. The molecule has 1 heterocycles. The summed E-state index contributed by atoms with van der Waals surface area (Å²) in [5.41, 5.74) is 1.58. The predicted molar refractivity (Wildman–Crippen MR) is 115 cm³/mol. The van der Waals surface area contributed by atoms with Gasteiger partial charge in [-0.2, -0.15) is 0 Å². The van der Waals surface area contributed by atoms with Gasteiger partial charge in [0.05, 0.1) is 18.9 Å². The summed E-state index contributed by atoms with van der Waals surface area (Å²) < 4.78 is 9.70. The van der Waals surface area contributed by atoms with Crippen LogP contribution in [0.4, 0.5) is 11.4 Å². The lowest BCUT2D eigenvalue weighted by atomic mass is 10.1. The Morgan fingerprint density at radius 1 is 0.867 bits per heavy atom. The van der Waals surface area contributed by atoms with Gasteiger partial charge in [-0.25, -0.2) is 4.79 Å². The summed E-state index contributed by atoms with van der Waals surface area (Å²) in [4.78, 5) is 36.1. The van der Waals surface area contributed by atoms with Crippen molar-refractivity contribution in [3.8, 4) is 0 Å². The molecular formula is C21H17N3O5S. The van der Waals surface area contributed by atoms with Gasteiger partial charge in [0.15, 0.2) is 10.9 Å². The highest BCUT2D eigenvalue weighted by Gasteiger charge is 2.13. The summed E-state index contributed by atoms with van der Waals surface area (Å²) in [6.45, 7) is 0.